The Kier molecular flexibility index (Phi) is 5.15. The number of benzene rings is 1. The minimum absolute atomic E-state index is 0.330. The van der Waals surface area contributed by atoms with E-state index in [0.717, 1.165) is 12.2 Å². The fourth-order valence-electron chi connectivity index (χ4n) is 2.62. The Morgan fingerprint density at radius 1 is 1.21 bits per heavy atom. The molecule has 1 saturated carbocycles. The molecule has 0 aromatic heterocycles. The van der Waals surface area contributed by atoms with Gasteiger partial charge in [0.2, 0.25) is 0 Å². The summed E-state index contributed by atoms with van der Waals surface area (Å²) < 4.78 is 0.330. The SMILES string of the molecule is CSC1(CNc2cc(Cl)c(Cl)cc2N)CCCCC1. The van der Waals surface area contributed by atoms with Crippen LogP contribution in [0.25, 0.3) is 0 Å². The summed E-state index contributed by atoms with van der Waals surface area (Å²) in [6, 6.07) is 3.52. The molecule has 5 heteroatoms. The zero-order valence-corrected chi connectivity index (χ0v) is 13.5. The number of hydrogen-bond acceptors (Lipinski definition) is 3. The molecular formula is C14H20Cl2N2S. The molecule has 0 heterocycles. The molecule has 1 aromatic carbocycles. The molecule has 0 unspecified atom stereocenters. The summed E-state index contributed by atoms with van der Waals surface area (Å²) in [5, 5.41) is 4.50. The van der Waals surface area contributed by atoms with Crippen LogP contribution in [0.5, 0.6) is 0 Å². The van der Waals surface area contributed by atoms with Gasteiger partial charge in [-0.25, -0.2) is 0 Å². The van der Waals surface area contributed by atoms with Gasteiger partial charge in [-0.15, -0.1) is 0 Å². The van der Waals surface area contributed by atoms with Crippen LogP contribution in [-0.2, 0) is 0 Å². The van der Waals surface area contributed by atoms with E-state index in [2.05, 4.69) is 11.6 Å². The van der Waals surface area contributed by atoms with Crippen molar-refractivity contribution in [2.45, 2.75) is 36.9 Å². The first-order valence-electron chi connectivity index (χ1n) is 6.60. The molecule has 106 valence electrons. The number of halogens is 2. The molecule has 0 bridgehead atoms. The van der Waals surface area contributed by atoms with Gasteiger partial charge in [0.15, 0.2) is 0 Å². The normalized spacial score (nSPS) is 18.3. The number of rotatable bonds is 4. The third kappa shape index (κ3) is 3.65. The summed E-state index contributed by atoms with van der Waals surface area (Å²) in [5.41, 5.74) is 7.51. The summed E-state index contributed by atoms with van der Waals surface area (Å²) in [6.07, 6.45) is 8.73. The first-order chi connectivity index (χ1) is 9.06. The van der Waals surface area contributed by atoms with Crippen molar-refractivity contribution in [1.82, 2.24) is 0 Å². The molecule has 0 spiro atoms. The fourth-order valence-corrected chi connectivity index (χ4v) is 3.87. The maximum Gasteiger partial charge on any atom is 0.0614 e. The molecule has 0 saturated heterocycles. The van der Waals surface area contributed by atoms with Gasteiger partial charge in [0, 0.05) is 11.3 Å². The lowest BCUT2D eigenvalue weighted by atomic mass is 9.88. The molecular weight excluding hydrogens is 299 g/mol. The highest BCUT2D eigenvalue weighted by Gasteiger charge is 2.30. The minimum atomic E-state index is 0.330. The van der Waals surface area contributed by atoms with Crippen LogP contribution in [0.1, 0.15) is 32.1 Å². The molecule has 1 aliphatic carbocycles. The van der Waals surface area contributed by atoms with E-state index in [1.165, 1.54) is 32.1 Å². The number of nitrogen functional groups attached to an aromatic ring is 1. The Labute approximate surface area is 129 Å². The molecule has 3 N–H and O–H groups in total. The van der Waals surface area contributed by atoms with Crippen molar-refractivity contribution in [3.05, 3.63) is 22.2 Å². The zero-order chi connectivity index (χ0) is 13.9. The average molecular weight is 319 g/mol. The van der Waals surface area contributed by atoms with Gasteiger partial charge in [-0.3, -0.25) is 0 Å². The number of nitrogens with one attached hydrogen (secondary N) is 1. The molecule has 0 radical (unpaired) electrons. The van der Waals surface area contributed by atoms with Crippen LogP contribution < -0.4 is 11.1 Å². The Morgan fingerprint density at radius 2 is 1.84 bits per heavy atom. The number of hydrogen-bond donors (Lipinski definition) is 2. The first-order valence-corrected chi connectivity index (χ1v) is 8.58. The lowest BCUT2D eigenvalue weighted by molar-refractivity contribution is 0.411. The third-order valence-electron chi connectivity index (χ3n) is 3.89. The van der Waals surface area contributed by atoms with Crippen molar-refractivity contribution in [2.24, 2.45) is 0 Å². The fraction of sp³-hybridized carbons (Fsp3) is 0.571. The van der Waals surface area contributed by atoms with Gasteiger partial charge in [-0.05, 0) is 31.2 Å². The molecule has 2 rings (SSSR count). The van der Waals surface area contributed by atoms with Gasteiger partial charge >= 0.3 is 0 Å². The van der Waals surface area contributed by atoms with E-state index in [1.54, 1.807) is 6.07 Å². The monoisotopic (exact) mass is 318 g/mol. The molecule has 19 heavy (non-hydrogen) atoms. The van der Waals surface area contributed by atoms with Gasteiger partial charge < -0.3 is 11.1 Å². The van der Waals surface area contributed by atoms with Crippen molar-refractivity contribution in [1.29, 1.82) is 0 Å². The Bertz CT molecular complexity index is 445. The summed E-state index contributed by atoms with van der Waals surface area (Å²) in [6.45, 7) is 0.927. The summed E-state index contributed by atoms with van der Waals surface area (Å²) in [7, 11) is 0. The van der Waals surface area contributed by atoms with E-state index < -0.39 is 0 Å². The maximum atomic E-state index is 6.04. The van der Waals surface area contributed by atoms with Crippen molar-refractivity contribution in [3.8, 4) is 0 Å². The van der Waals surface area contributed by atoms with E-state index in [1.807, 2.05) is 17.8 Å². The minimum Gasteiger partial charge on any atom is -0.397 e. The summed E-state index contributed by atoms with van der Waals surface area (Å²) in [5.74, 6) is 0. The second-order valence-electron chi connectivity index (χ2n) is 5.15. The van der Waals surface area contributed by atoms with Crippen molar-refractivity contribution in [3.63, 3.8) is 0 Å². The lowest BCUT2D eigenvalue weighted by Gasteiger charge is -2.36. The predicted octanol–water partition coefficient (Wildman–Crippen LogP) is 5.05. The van der Waals surface area contributed by atoms with Gasteiger partial charge in [-0.2, -0.15) is 11.8 Å². The lowest BCUT2D eigenvalue weighted by Crippen LogP contribution is -2.35. The molecule has 1 fully saturated rings. The summed E-state index contributed by atoms with van der Waals surface area (Å²) >= 11 is 14.0. The van der Waals surface area contributed by atoms with Crippen molar-refractivity contribution < 1.29 is 0 Å². The number of anilines is 2. The van der Waals surface area contributed by atoms with Crippen molar-refractivity contribution >= 4 is 46.3 Å². The Hall–Kier alpha value is -0.250. The van der Waals surface area contributed by atoms with Crippen LogP contribution in [0, 0.1) is 0 Å². The number of nitrogens with two attached hydrogens (primary N) is 1. The average Bonchev–Trinajstić information content (AvgIpc) is 2.42. The molecule has 2 nitrogen and oxygen atoms in total. The standard InChI is InChI=1S/C14H20Cl2N2S/c1-19-14(5-3-2-4-6-14)9-18-13-8-11(16)10(15)7-12(13)17/h7-8,18H,2-6,9,17H2,1H3. The van der Waals surface area contributed by atoms with Crippen LogP contribution >= 0.6 is 35.0 Å². The number of thioether (sulfide) groups is 1. The van der Waals surface area contributed by atoms with Gasteiger partial charge in [-0.1, -0.05) is 42.5 Å². The largest absolute Gasteiger partial charge is 0.397 e. The molecule has 1 aliphatic rings. The van der Waals surface area contributed by atoms with E-state index in [4.69, 9.17) is 28.9 Å². The van der Waals surface area contributed by atoms with E-state index in [-0.39, 0.29) is 0 Å². The van der Waals surface area contributed by atoms with Gasteiger partial charge in [0.05, 0.1) is 21.4 Å². The van der Waals surface area contributed by atoms with Crippen LogP contribution in [0.2, 0.25) is 10.0 Å². The highest BCUT2D eigenvalue weighted by Crippen LogP contribution is 2.39. The molecule has 0 aliphatic heterocycles. The van der Waals surface area contributed by atoms with Crippen molar-refractivity contribution in [2.75, 3.05) is 23.9 Å². The van der Waals surface area contributed by atoms with Crippen LogP contribution in [0.4, 0.5) is 11.4 Å². The molecule has 0 atom stereocenters. The van der Waals surface area contributed by atoms with Gasteiger partial charge in [0.1, 0.15) is 0 Å². The van der Waals surface area contributed by atoms with Crippen LogP contribution in [-0.4, -0.2) is 17.5 Å². The topological polar surface area (TPSA) is 38.0 Å². The van der Waals surface area contributed by atoms with Crippen LogP contribution in [0.3, 0.4) is 0 Å². The molecule has 1 aromatic rings. The molecule has 0 amide bonds. The quantitative estimate of drug-likeness (QED) is 0.762. The second kappa shape index (κ2) is 6.47. The first kappa shape index (κ1) is 15.1. The van der Waals surface area contributed by atoms with E-state index in [9.17, 15) is 0 Å². The predicted molar refractivity (Wildman–Crippen MR) is 88.7 cm³/mol. The zero-order valence-electron chi connectivity index (χ0n) is 11.1. The Morgan fingerprint density at radius 3 is 2.47 bits per heavy atom. The van der Waals surface area contributed by atoms with Crippen LogP contribution in [0.15, 0.2) is 12.1 Å². The smallest absolute Gasteiger partial charge is 0.0614 e. The third-order valence-corrected chi connectivity index (χ3v) is 6.03. The highest BCUT2D eigenvalue weighted by atomic mass is 35.5. The van der Waals surface area contributed by atoms with E-state index in [0.29, 0.717) is 20.5 Å². The Balaban J connectivity index is 2.07. The second-order valence-corrected chi connectivity index (χ2v) is 7.24. The van der Waals surface area contributed by atoms with Gasteiger partial charge in [0.25, 0.3) is 0 Å². The van der Waals surface area contributed by atoms with E-state index >= 15 is 0 Å². The highest BCUT2D eigenvalue weighted by molar-refractivity contribution is 8.00. The maximum absolute atomic E-state index is 6.04. The summed E-state index contributed by atoms with van der Waals surface area (Å²) in [4.78, 5) is 0.